The maximum atomic E-state index is 6.54. The molecule has 0 amide bonds. The molecule has 0 bridgehead atoms. The molecule has 0 N–H and O–H groups in total. The summed E-state index contributed by atoms with van der Waals surface area (Å²) in [6.45, 7) is 0. The van der Waals surface area contributed by atoms with E-state index in [1.54, 1.807) is 0 Å². The zero-order chi connectivity index (χ0) is 35.6. The van der Waals surface area contributed by atoms with Gasteiger partial charge in [0.15, 0.2) is 5.82 Å². The highest BCUT2D eigenvalue weighted by atomic mass is 16.5. The fraction of sp³-hybridized carbons (Fsp3) is 0.0200. The first kappa shape index (κ1) is 30.5. The fourth-order valence-corrected chi connectivity index (χ4v) is 8.52. The molecule has 54 heavy (non-hydrogen) atoms. The molecule has 9 aromatic rings. The Morgan fingerprint density at radius 1 is 0.352 bits per heavy atom. The van der Waals surface area contributed by atoms with Gasteiger partial charge in [-0.2, -0.15) is 0 Å². The lowest BCUT2D eigenvalue weighted by atomic mass is 9.66. The standard InChI is InChI=1S/C50H31N3O/c1-2-12-33(13-3-1)45-31-46(53-49(52-45)44-29-27-34-14-4-9-19-43(34)51-44)35-24-22-32(23-25-35)36-26-28-38-37-15-5-6-16-39(37)50(42(38)30-36)40-17-7-10-20-47(40)54-48-21-11-8-18-41(48)50/h1-31H. The van der Waals surface area contributed by atoms with Gasteiger partial charge in [-0.25, -0.2) is 15.0 Å². The van der Waals surface area contributed by atoms with E-state index in [0.29, 0.717) is 5.82 Å². The molecule has 1 spiro atoms. The van der Waals surface area contributed by atoms with Crippen LogP contribution in [0.3, 0.4) is 0 Å². The van der Waals surface area contributed by atoms with Gasteiger partial charge >= 0.3 is 0 Å². The van der Waals surface area contributed by atoms with Gasteiger partial charge in [0.2, 0.25) is 0 Å². The molecule has 0 fully saturated rings. The minimum atomic E-state index is -0.505. The first-order valence-electron chi connectivity index (χ1n) is 18.3. The highest BCUT2D eigenvalue weighted by Gasteiger charge is 2.51. The summed E-state index contributed by atoms with van der Waals surface area (Å²) in [5.41, 5.74) is 14.6. The maximum absolute atomic E-state index is 6.54. The molecular formula is C50H31N3O. The second-order valence-electron chi connectivity index (χ2n) is 13.9. The van der Waals surface area contributed by atoms with Gasteiger partial charge in [0.25, 0.3) is 0 Å². The van der Waals surface area contributed by atoms with Crippen molar-refractivity contribution in [1.29, 1.82) is 0 Å². The van der Waals surface area contributed by atoms with Crippen LogP contribution in [0.4, 0.5) is 0 Å². The smallest absolute Gasteiger partial charge is 0.179 e. The Balaban J connectivity index is 1.04. The number of hydrogen-bond donors (Lipinski definition) is 0. The van der Waals surface area contributed by atoms with Gasteiger partial charge in [-0.3, -0.25) is 0 Å². The Hall–Kier alpha value is -7.17. The highest BCUT2D eigenvalue weighted by molar-refractivity contribution is 5.90. The zero-order valence-electron chi connectivity index (χ0n) is 29.1. The first-order chi connectivity index (χ1) is 26.7. The maximum Gasteiger partial charge on any atom is 0.179 e. The van der Waals surface area contributed by atoms with Crippen molar-refractivity contribution in [3.63, 3.8) is 0 Å². The number of rotatable bonds is 4. The van der Waals surface area contributed by atoms with Crippen LogP contribution in [0.2, 0.25) is 0 Å². The summed E-state index contributed by atoms with van der Waals surface area (Å²) in [6, 6.07) is 66.1. The summed E-state index contributed by atoms with van der Waals surface area (Å²) in [4.78, 5) is 15.0. The van der Waals surface area contributed by atoms with Crippen LogP contribution in [0.1, 0.15) is 22.3 Å². The van der Waals surface area contributed by atoms with Crippen LogP contribution in [0.15, 0.2) is 188 Å². The van der Waals surface area contributed by atoms with E-state index in [2.05, 4.69) is 146 Å². The number of para-hydroxylation sites is 3. The minimum absolute atomic E-state index is 0.505. The van der Waals surface area contributed by atoms with E-state index in [0.717, 1.165) is 72.9 Å². The third-order valence-corrected chi connectivity index (χ3v) is 11.0. The average Bonchev–Trinajstić information content (AvgIpc) is 3.53. The predicted octanol–water partition coefficient (Wildman–Crippen LogP) is 12.2. The van der Waals surface area contributed by atoms with Crippen molar-refractivity contribution in [1.82, 2.24) is 15.0 Å². The second kappa shape index (κ2) is 11.9. The van der Waals surface area contributed by atoms with Gasteiger partial charge in [-0.15, -0.1) is 0 Å². The summed E-state index contributed by atoms with van der Waals surface area (Å²) in [6.07, 6.45) is 0. The fourth-order valence-electron chi connectivity index (χ4n) is 8.52. The van der Waals surface area contributed by atoms with Crippen LogP contribution < -0.4 is 4.74 Å². The lowest BCUT2D eigenvalue weighted by Crippen LogP contribution is -2.32. The minimum Gasteiger partial charge on any atom is -0.457 e. The summed E-state index contributed by atoms with van der Waals surface area (Å²) in [5, 5.41) is 1.09. The van der Waals surface area contributed by atoms with Crippen molar-refractivity contribution in [2.75, 3.05) is 0 Å². The quantitative estimate of drug-likeness (QED) is 0.185. The summed E-state index contributed by atoms with van der Waals surface area (Å²) >= 11 is 0. The average molecular weight is 690 g/mol. The SMILES string of the molecule is c1ccc(-c2cc(-c3ccc(-c4ccc5c(c4)C4(c6ccccc6Oc6ccccc64)c4ccccc4-5)cc3)nc(-c3ccc4ccccc4n3)n2)cc1. The molecule has 3 heterocycles. The lowest BCUT2D eigenvalue weighted by molar-refractivity contribution is 0.436. The van der Waals surface area contributed by atoms with Crippen LogP contribution >= 0.6 is 0 Å². The highest BCUT2D eigenvalue weighted by Crippen LogP contribution is 2.62. The van der Waals surface area contributed by atoms with Gasteiger partial charge in [-0.1, -0.05) is 152 Å². The molecule has 0 radical (unpaired) electrons. The molecule has 252 valence electrons. The molecule has 0 unspecified atom stereocenters. The Kier molecular flexibility index (Phi) is 6.73. The Labute approximate surface area is 313 Å². The van der Waals surface area contributed by atoms with E-state index in [1.807, 2.05) is 42.5 Å². The van der Waals surface area contributed by atoms with Crippen LogP contribution in [-0.2, 0) is 5.41 Å². The van der Waals surface area contributed by atoms with Crippen molar-refractivity contribution in [3.05, 3.63) is 210 Å². The van der Waals surface area contributed by atoms with Crippen molar-refractivity contribution >= 4 is 10.9 Å². The largest absolute Gasteiger partial charge is 0.457 e. The van der Waals surface area contributed by atoms with Crippen molar-refractivity contribution < 1.29 is 4.74 Å². The summed E-state index contributed by atoms with van der Waals surface area (Å²) < 4.78 is 6.54. The van der Waals surface area contributed by atoms with Crippen LogP contribution in [0.5, 0.6) is 11.5 Å². The third kappa shape index (κ3) is 4.60. The number of benzene rings is 7. The predicted molar refractivity (Wildman–Crippen MR) is 216 cm³/mol. The van der Waals surface area contributed by atoms with Crippen LogP contribution in [0, 0.1) is 0 Å². The number of fused-ring (bicyclic) bond motifs is 10. The van der Waals surface area contributed by atoms with Gasteiger partial charge in [0.1, 0.15) is 17.2 Å². The Morgan fingerprint density at radius 2 is 0.926 bits per heavy atom. The first-order valence-corrected chi connectivity index (χ1v) is 18.3. The van der Waals surface area contributed by atoms with Crippen LogP contribution in [0.25, 0.3) is 67.2 Å². The Morgan fingerprint density at radius 3 is 1.69 bits per heavy atom. The van der Waals surface area contributed by atoms with E-state index >= 15 is 0 Å². The van der Waals surface area contributed by atoms with Gasteiger partial charge in [0, 0.05) is 27.6 Å². The van der Waals surface area contributed by atoms with Gasteiger partial charge in [-0.05, 0) is 69.8 Å². The molecule has 2 aliphatic rings. The summed E-state index contributed by atoms with van der Waals surface area (Å²) in [7, 11) is 0. The molecule has 4 nitrogen and oxygen atoms in total. The number of hydrogen-bond acceptors (Lipinski definition) is 4. The topological polar surface area (TPSA) is 47.9 Å². The molecule has 4 heteroatoms. The third-order valence-electron chi connectivity index (χ3n) is 11.0. The van der Waals surface area contributed by atoms with E-state index in [4.69, 9.17) is 19.7 Å². The number of pyridine rings is 1. The van der Waals surface area contributed by atoms with Crippen molar-refractivity contribution in [2.24, 2.45) is 0 Å². The molecule has 2 aromatic heterocycles. The lowest BCUT2D eigenvalue weighted by Gasteiger charge is -2.39. The molecule has 1 aliphatic heterocycles. The van der Waals surface area contributed by atoms with Gasteiger partial charge in [0.05, 0.1) is 22.3 Å². The molecule has 0 saturated heterocycles. The molecule has 1 aliphatic carbocycles. The van der Waals surface area contributed by atoms with Crippen molar-refractivity contribution in [3.8, 4) is 67.8 Å². The van der Waals surface area contributed by atoms with E-state index in [-0.39, 0.29) is 0 Å². The normalized spacial score (nSPS) is 13.1. The number of nitrogens with zero attached hydrogens (tertiary/aromatic N) is 3. The molecule has 0 atom stereocenters. The molecule has 7 aromatic carbocycles. The monoisotopic (exact) mass is 689 g/mol. The van der Waals surface area contributed by atoms with E-state index < -0.39 is 5.41 Å². The molecule has 0 saturated carbocycles. The zero-order valence-corrected chi connectivity index (χ0v) is 29.1. The van der Waals surface area contributed by atoms with E-state index in [1.165, 1.54) is 22.3 Å². The van der Waals surface area contributed by atoms with Gasteiger partial charge < -0.3 is 4.74 Å². The van der Waals surface area contributed by atoms with Crippen LogP contribution in [-0.4, -0.2) is 15.0 Å². The number of aromatic nitrogens is 3. The second-order valence-corrected chi connectivity index (χ2v) is 13.9. The van der Waals surface area contributed by atoms with E-state index in [9.17, 15) is 0 Å². The Bertz CT molecular complexity index is 2870. The molecule has 11 rings (SSSR count). The summed E-state index contributed by atoms with van der Waals surface area (Å²) in [5.74, 6) is 2.39. The molecular weight excluding hydrogens is 659 g/mol. The number of ether oxygens (including phenoxy) is 1. The van der Waals surface area contributed by atoms with Crippen molar-refractivity contribution in [2.45, 2.75) is 5.41 Å².